The molecular weight excluding hydrogens is 405 g/mol. The van der Waals surface area contributed by atoms with Crippen molar-refractivity contribution in [2.75, 3.05) is 7.11 Å². The van der Waals surface area contributed by atoms with Crippen molar-refractivity contribution < 1.29 is 8.54 Å². The summed E-state index contributed by atoms with van der Waals surface area (Å²) in [5, 5.41) is 5.08. The topological polar surface area (TPSA) is 18.5 Å². The summed E-state index contributed by atoms with van der Waals surface area (Å²) in [5.41, 5.74) is 0. The molecule has 0 spiro atoms. The molecule has 3 aromatic carbocycles. The van der Waals surface area contributed by atoms with Crippen LogP contribution in [0.1, 0.15) is 0 Å². The molecule has 3 aromatic rings. The fourth-order valence-electron chi connectivity index (χ4n) is 3.67. The molecule has 0 saturated heterocycles. The molecule has 0 radical (unpaired) electrons. The van der Waals surface area contributed by atoms with E-state index in [9.17, 15) is 0 Å². The molecule has 0 N–H and O–H groups in total. The first-order chi connectivity index (χ1) is 13.7. The summed E-state index contributed by atoms with van der Waals surface area (Å²) in [4.78, 5) is 0. The second-order valence-electron chi connectivity index (χ2n) is 8.99. The Labute approximate surface area is 178 Å². The zero-order chi connectivity index (χ0) is 21.1. The lowest BCUT2D eigenvalue weighted by atomic mass is 10.4. The minimum Gasteiger partial charge on any atom is -0.425 e. The van der Waals surface area contributed by atoms with Gasteiger partial charge in [-0.25, -0.2) is 0 Å². The maximum atomic E-state index is 7.13. The maximum absolute atomic E-state index is 7.13. The van der Waals surface area contributed by atoms with Gasteiger partial charge in [-0.15, -0.1) is 0 Å². The molecule has 0 bridgehead atoms. The summed E-state index contributed by atoms with van der Waals surface area (Å²) in [6, 6.07) is 30.1. The Balaban J connectivity index is 2.05. The minimum absolute atomic E-state index is 1.15. The molecule has 0 heterocycles. The number of hydrogen-bond acceptors (Lipinski definition) is 2. The molecule has 29 heavy (non-hydrogen) atoms. The Bertz CT molecular complexity index is 878. The highest BCUT2D eigenvalue weighted by atomic mass is 28.4. The number of benzene rings is 3. The Hall–Kier alpha value is -1.77. The zero-order valence-electron chi connectivity index (χ0n) is 18.4. The van der Waals surface area contributed by atoms with E-state index < -0.39 is 25.0 Å². The first kappa shape index (κ1) is 21.9. The van der Waals surface area contributed by atoms with E-state index in [2.05, 4.69) is 106 Å². The summed E-state index contributed by atoms with van der Waals surface area (Å²) in [7, 11) is -4.57. The van der Waals surface area contributed by atoms with Crippen molar-refractivity contribution in [3.8, 4) is 0 Å². The van der Waals surface area contributed by atoms with Gasteiger partial charge < -0.3 is 8.54 Å². The largest absolute Gasteiger partial charge is 0.425 e. The van der Waals surface area contributed by atoms with Gasteiger partial charge in [0, 0.05) is 7.11 Å². The lowest BCUT2D eigenvalue weighted by molar-refractivity contribution is 0.328. The molecule has 0 unspecified atom stereocenters. The smallest absolute Gasteiger partial charge is 0.396 e. The molecule has 3 rings (SSSR count). The zero-order valence-corrected chi connectivity index (χ0v) is 21.4. The van der Waals surface area contributed by atoms with Crippen LogP contribution < -0.4 is 20.7 Å². The van der Waals surface area contributed by atoms with Crippen LogP contribution in [-0.2, 0) is 8.54 Å². The van der Waals surface area contributed by atoms with E-state index in [0.717, 1.165) is 10.4 Å². The first-order valence-corrected chi connectivity index (χ1v) is 18.4. The molecule has 0 aliphatic carbocycles. The quantitative estimate of drug-likeness (QED) is 0.527. The van der Waals surface area contributed by atoms with Gasteiger partial charge in [-0.05, 0) is 28.7 Å². The predicted molar refractivity (Wildman–Crippen MR) is 133 cm³/mol. The van der Waals surface area contributed by atoms with Crippen molar-refractivity contribution in [2.24, 2.45) is 0 Å². The van der Waals surface area contributed by atoms with Gasteiger partial charge in [-0.2, -0.15) is 0 Å². The van der Waals surface area contributed by atoms with E-state index in [-0.39, 0.29) is 0 Å². The summed E-state index contributed by atoms with van der Waals surface area (Å²) in [5.74, 6) is 0. The lowest BCUT2D eigenvalue weighted by Crippen LogP contribution is -2.68. The number of rotatable bonds is 7. The van der Waals surface area contributed by atoms with Gasteiger partial charge in [0.1, 0.15) is 0 Å². The highest BCUT2D eigenvalue weighted by Gasteiger charge is 2.47. The SMILES string of the molecule is CO[Si](O[Si](C)(C)c1ccc([Si](C)(C)C)cc1)(c1ccccc1)c1ccccc1. The van der Waals surface area contributed by atoms with Gasteiger partial charge in [0.25, 0.3) is 0 Å². The van der Waals surface area contributed by atoms with Gasteiger partial charge >= 0.3 is 8.56 Å². The molecule has 0 fully saturated rings. The highest BCUT2D eigenvalue weighted by Crippen LogP contribution is 2.17. The Morgan fingerprint density at radius 1 is 0.517 bits per heavy atom. The van der Waals surface area contributed by atoms with E-state index in [4.69, 9.17) is 8.54 Å². The van der Waals surface area contributed by atoms with Gasteiger partial charge in [-0.1, -0.05) is 110 Å². The van der Waals surface area contributed by atoms with Crippen molar-refractivity contribution in [3.05, 3.63) is 84.9 Å². The standard InChI is InChI=1S/C24H32O2Si3/c1-25-29(23-13-9-7-10-14-23,24-15-11-8-12-16-24)26-28(5,6)22-19-17-21(18-20-22)27(2,3)4/h7-20H,1-6H3. The third kappa shape index (κ3) is 4.70. The summed E-state index contributed by atoms with van der Waals surface area (Å²) >= 11 is 0. The van der Waals surface area contributed by atoms with Crippen LogP contribution in [0.5, 0.6) is 0 Å². The molecule has 0 atom stereocenters. The van der Waals surface area contributed by atoms with Crippen LogP contribution >= 0.6 is 0 Å². The second-order valence-corrected chi connectivity index (χ2v) is 21.3. The fraction of sp³-hybridized carbons (Fsp3) is 0.250. The predicted octanol–water partition coefficient (Wildman–Crippen LogP) is 3.56. The fourth-order valence-corrected chi connectivity index (χ4v) is 12.5. The molecule has 0 aliphatic rings. The summed E-state index contributed by atoms with van der Waals surface area (Å²) in [6.45, 7) is 11.7. The molecule has 152 valence electrons. The van der Waals surface area contributed by atoms with Crippen LogP contribution in [0.15, 0.2) is 84.9 Å². The molecule has 0 amide bonds. The minimum atomic E-state index is -2.82. The summed E-state index contributed by atoms with van der Waals surface area (Å²) < 4.78 is 13.4. The third-order valence-electron chi connectivity index (χ3n) is 5.44. The molecule has 0 saturated carbocycles. The monoisotopic (exact) mass is 436 g/mol. The van der Waals surface area contributed by atoms with Crippen LogP contribution in [0.25, 0.3) is 0 Å². The third-order valence-corrected chi connectivity index (χ3v) is 15.2. The van der Waals surface area contributed by atoms with E-state index in [1.165, 1.54) is 10.4 Å². The molecule has 5 heteroatoms. The van der Waals surface area contributed by atoms with E-state index in [1.54, 1.807) is 7.11 Å². The van der Waals surface area contributed by atoms with Crippen LogP contribution in [0.3, 0.4) is 0 Å². The lowest BCUT2D eigenvalue weighted by Gasteiger charge is -2.38. The van der Waals surface area contributed by atoms with E-state index in [1.807, 2.05) is 12.1 Å². The van der Waals surface area contributed by atoms with Gasteiger partial charge in [-0.3, -0.25) is 0 Å². The highest BCUT2D eigenvalue weighted by molar-refractivity contribution is 7.01. The maximum Gasteiger partial charge on any atom is 0.396 e. The Morgan fingerprint density at radius 3 is 1.31 bits per heavy atom. The molecular formula is C24H32O2Si3. The average Bonchev–Trinajstić information content (AvgIpc) is 2.73. The van der Waals surface area contributed by atoms with Crippen LogP contribution in [0.2, 0.25) is 32.7 Å². The van der Waals surface area contributed by atoms with E-state index >= 15 is 0 Å². The average molecular weight is 437 g/mol. The van der Waals surface area contributed by atoms with Crippen molar-refractivity contribution in [2.45, 2.75) is 32.7 Å². The van der Waals surface area contributed by atoms with Gasteiger partial charge in [0.2, 0.25) is 8.32 Å². The summed E-state index contributed by atoms with van der Waals surface area (Å²) in [6.07, 6.45) is 0. The van der Waals surface area contributed by atoms with Crippen molar-refractivity contribution >= 4 is 45.7 Å². The van der Waals surface area contributed by atoms with Crippen LogP contribution in [0.4, 0.5) is 0 Å². The van der Waals surface area contributed by atoms with Gasteiger partial charge in [0.15, 0.2) is 0 Å². The normalized spacial score (nSPS) is 12.8. The Morgan fingerprint density at radius 2 is 0.931 bits per heavy atom. The van der Waals surface area contributed by atoms with Crippen LogP contribution in [-0.4, -0.2) is 32.1 Å². The van der Waals surface area contributed by atoms with Crippen molar-refractivity contribution in [1.82, 2.24) is 0 Å². The van der Waals surface area contributed by atoms with Crippen molar-refractivity contribution in [1.29, 1.82) is 0 Å². The number of hydrogen-bond donors (Lipinski definition) is 0. The Kier molecular flexibility index (Phi) is 6.45. The van der Waals surface area contributed by atoms with Gasteiger partial charge in [0.05, 0.1) is 8.07 Å². The van der Waals surface area contributed by atoms with Crippen LogP contribution in [0, 0.1) is 0 Å². The molecule has 2 nitrogen and oxygen atoms in total. The first-order valence-electron chi connectivity index (χ1n) is 10.2. The van der Waals surface area contributed by atoms with E-state index in [0.29, 0.717) is 0 Å². The second kappa shape index (κ2) is 8.54. The van der Waals surface area contributed by atoms with Crippen molar-refractivity contribution in [3.63, 3.8) is 0 Å². The molecule has 0 aliphatic heterocycles. The molecule has 0 aromatic heterocycles.